The minimum absolute atomic E-state index is 0.159. The average molecular weight is 325 g/mol. The number of alkyl halides is 3. The molecule has 2 aromatic rings. The number of nitrogens with one attached hydrogen (secondary N) is 1. The van der Waals surface area contributed by atoms with Crippen LogP contribution in [0.2, 0.25) is 0 Å². The highest BCUT2D eigenvalue weighted by molar-refractivity contribution is 5.52. The maximum atomic E-state index is 12.6. The summed E-state index contributed by atoms with van der Waals surface area (Å²) in [5.41, 5.74) is 1.46. The molecule has 124 valence electrons. The van der Waals surface area contributed by atoms with Gasteiger partial charge in [-0.2, -0.15) is 13.2 Å². The van der Waals surface area contributed by atoms with Gasteiger partial charge < -0.3 is 15.2 Å². The summed E-state index contributed by atoms with van der Waals surface area (Å²) in [5.74, 6) is 0.584. The van der Waals surface area contributed by atoms with Crippen LogP contribution in [-0.4, -0.2) is 12.2 Å². The molecular formula is C17H18F3NO2. The van der Waals surface area contributed by atoms with E-state index in [2.05, 4.69) is 5.32 Å². The molecule has 1 unspecified atom stereocenters. The molecule has 0 heterocycles. The van der Waals surface area contributed by atoms with Crippen LogP contribution in [0, 0.1) is 0 Å². The number of benzene rings is 2. The quantitative estimate of drug-likeness (QED) is 0.857. The molecule has 2 N–H and O–H groups in total. The monoisotopic (exact) mass is 325 g/mol. The minimum Gasteiger partial charge on any atom is -0.496 e. The second kappa shape index (κ2) is 6.91. The number of hydrogen-bond donors (Lipinski definition) is 2. The SMILES string of the molecule is COc1ccc(NC(C)c2ccc(C(F)(F)F)cc2)cc1CO. The minimum atomic E-state index is -4.33. The number of ether oxygens (including phenoxy) is 1. The van der Waals surface area contributed by atoms with Crippen LogP contribution in [0.5, 0.6) is 5.75 Å². The second-order valence-electron chi connectivity index (χ2n) is 5.17. The molecule has 0 radical (unpaired) electrons. The molecule has 23 heavy (non-hydrogen) atoms. The van der Waals surface area contributed by atoms with Crippen LogP contribution >= 0.6 is 0 Å². The summed E-state index contributed by atoms with van der Waals surface area (Å²) in [4.78, 5) is 0. The summed E-state index contributed by atoms with van der Waals surface area (Å²) in [7, 11) is 1.52. The number of aliphatic hydroxyl groups is 1. The first-order valence-corrected chi connectivity index (χ1v) is 7.06. The summed E-state index contributed by atoms with van der Waals surface area (Å²) in [5, 5.41) is 12.5. The zero-order valence-electron chi connectivity index (χ0n) is 12.8. The van der Waals surface area contributed by atoms with Gasteiger partial charge >= 0.3 is 6.18 Å². The van der Waals surface area contributed by atoms with Crippen molar-refractivity contribution >= 4 is 5.69 Å². The lowest BCUT2D eigenvalue weighted by Crippen LogP contribution is -2.09. The first kappa shape index (κ1) is 17.1. The molecule has 0 aliphatic rings. The van der Waals surface area contributed by atoms with E-state index in [0.29, 0.717) is 11.3 Å². The third-order valence-electron chi connectivity index (χ3n) is 3.57. The molecule has 2 aromatic carbocycles. The van der Waals surface area contributed by atoms with E-state index in [0.717, 1.165) is 23.4 Å². The van der Waals surface area contributed by atoms with Gasteiger partial charge in [0.15, 0.2) is 0 Å². The van der Waals surface area contributed by atoms with E-state index in [1.54, 1.807) is 18.2 Å². The van der Waals surface area contributed by atoms with Gasteiger partial charge in [-0.1, -0.05) is 12.1 Å². The van der Waals surface area contributed by atoms with E-state index in [1.807, 2.05) is 6.92 Å². The van der Waals surface area contributed by atoms with Crippen LogP contribution in [0.4, 0.5) is 18.9 Å². The van der Waals surface area contributed by atoms with Gasteiger partial charge in [0.05, 0.1) is 19.3 Å². The predicted octanol–water partition coefficient (Wildman–Crippen LogP) is 4.38. The largest absolute Gasteiger partial charge is 0.496 e. The van der Waals surface area contributed by atoms with Crippen molar-refractivity contribution in [2.24, 2.45) is 0 Å². The Morgan fingerprint density at radius 3 is 2.30 bits per heavy atom. The van der Waals surface area contributed by atoms with Crippen molar-refractivity contribution in [1.82, 2.24) is 0 Å². The van der Waals surface area contributed by atoms with E-state index in [-0.39, 0.29) is 12.6 Å². The van der Waals surface area contributed by atoms with Crippen LogP contribution in [0.15, 0.2) is 42.5 Å². The first-order valence-electron chi connectivity index (χ1n) is 7.06. The highest BCUT2D eigenvalue weighted by Gasteiger charge is 2.30. The molecule has 0 fully saturated rings. The van der Waals surface area contributed by atoms with Crippen molar-refractivity contribution in [3.8, 4) is 5.75 Å². The fourth-order valence-corrected chi connectivity index (χ4v) is 2.29. The Balaban J connectivity index is 2.14. The molecular weight excluding hydrogens is 307 g/mol. The number of hydrogen-bond acceptors (Lipinski definition) is 3. The lowest BCUT2D eigenvalue weighted by Gasteiger charge is -2.18. The summed E-state index contributed by atoms with van der Waals surface area (Å²) in [6.07, 6.45) is -4.33. The van der Waals surface area contributed by atoms with Crippen LogP contribution in [0.1, 0.15) is 29.7 Å². The smallest absolute Gasteiger partial charge is 0.416 e. The lowest BCUT2D eigenvalue weighted by atomic mass is 10.1. The van der Waals surface area contributed by atoms with E-state index < -0.39 is 11.7 Å². The fraction of sp³-hybridized carbons (Fsp3) is 0.294. The molecule has 2 rings (SSSR count). The molecule has 0 bridgehead atoms. The fourth-order valence-electron chi connectivity index (χ4n) is 2.29. The number of rotatable bonds is 5. The Bertz CT molecular complexity index is 654. The van der Waals surface area contributed by atoms with Gasteiger partial charge in [-0.25, -0.2) is 0 Å². The third-order valence-corrected chi connectivity index (χ3v) is 3.57. The Labute approximate surface area is 132 Å². The van der Waals surface area contributed by atoms with E-state index in [4.69, 9.17) is 4.74 Å². The summed E-state index contributed by atoms with van der Waals surface area (Å²) >= 11 is 0. The zero-order valence-corrected chi connectivity index (χ0v) is 12.8. The molecule has 0 aliphatic carbocycles. The van der Waals surface area contributed by atoms with Crippen molar-refractivity contribution in [3.63, 3.8) is 0 Å². The van der Waals surface area contributed by atoms with Crippen molar-refractivity contribution in [2.45, 2.75) is 25.7 Å². The van der Waals surface area contributed by atoms with Crippen LogP contribution in [-0.2, 0) is 12.8 Å². The Morgan fingerprint density at radius 2 is 1.78 bits per heavy atom. The van der Waals surface area contributed by atoms with Crippen LogP contribution in [0.3, 0.4) is 0 Å². The van der Waals surface area contributed by atoms with Gasteiger partial charge in [0.25, 0.3) is 0 Å². The maximum absolute atomic E-state index is 12.6. The van der Waals surface area contributed by atoms with Crippen LogP contribution in [0.25, 0.3) is 0 Å². The van der Waals surface area contributed by atoms with Gasteiger partial charge in [-0.3, -0.25) is 0 Å². The molecule has 6 heteroatoms. The Morgan fingerprint density at radius 1 is 1.13 bits per heavy atom. The van der Waals surface area contributed by atoms with Gasteiger partial charge in [-0.05, 0) is 42.8 Å². The second-order valence-corrected chi connectivity index (χ2v) is 5.17. The molecule has 0 saturated carbocycles. The first-order chi connectivity index (χ1) is 10.8. The number of halogens is 3. The van der Waals surface area contributed by atoms with Crippen molar-refractivity contribution < 1.29 is 23.0 Å². The average Bonchev–Trinajstić information content (AvgIpc) is 2.54. The van der Waals surface area contributed by atoms with E-state index in [1.165, 1.54) is 19.2 Å². The van der Waals surface area contributed by atoms with Gasteiger partial charge in [0.1, 0.15) is 5.75 Å². The third kappa shape index (κ3) is 4.16. The number of aliphatic hydroxyl groups excluding tert-OH is 1. The van der Waals surface area contributed by atoms with Crippen molar-refractivity contribution in [3.05, 3.63) is 59.2 Å². The topological polar surface area (TPSA) is 41.5 Å². The number of anilines is 1. The molecule has 0 aromatic heterocycles. The van der Waals surface area contributed by atoms with Crippen molar-refractivity contribution in [2.75, 3.05) is 12.4 Å². The zero-order chi connectivity index (χ0) is 17.0. The van der Waals surface area contributed by atoms with Crippen molar-refractivity contribution in [1.29, 1.82) is 0 Å². The molecule has 3 nitrogen and oxygen atoms in total. The standard InChI is InChI=1S/C17H18F3NO2/c1-11(12-3-5-14(6-4-12)17(18,19)20)21-15-7-8-16(23-2)13(9-15)10-22/h3-9,11,21-22H,10H2,1-2H3. The van der Waals surface area contributed by atoms with E-state index in [9.17, 15) is 18.3 Å². The highest BCUT2D eigenvalue weighted by atomic mass is 19.4. The van der Waals surface area contributed by atoms with E-state index >= 15 is 0 Å². The molecule has 0 amide bonds. The normalized spacial score (nSPS) is 12.8. The molecule has 0 aliphatic heterocycles. The summed E-state index contributed by atoms with van der Waals surface area (Å²) < 4.78 is 42.8. The molecule has 0 saturated heterocycles. The lowest BCUT2D eigenvalue weighted by molar-refractivity contribution is -0.137. The van der Waals surface area contributed by atoms with Gasteiger partial charge in [-0.15, -0.1) is 0 Å². The van der Waals surface area contributed by atoms with Gasteiger partial charge in [0.2, 0.25) is 0 Å². The highest BCUT2D eigenvalue weighted by Crippen LogP contribution is 2.31. The Kier molecular flexibility index (Phi) is 5.15. The van der Waals surface area contributed by atoms with Crippen LogP contribution < -0.4 is 10.1 Å². The van der Waals surface area contributed by atoms with Gasteiger partial charge in [0, 0.05) is 17.3 Å². The summed E-state index contributed by atoms with van der Waals surface area (Å²) in [6.45, 7) is 1.69. The Hall–Kier alpha value is -2.21. The number of methoxy groups -OCH3 is 1. The maximum Gasteiger partial charge on any atom is 0.416 e. The predicted molar refractivity (Wildman–Crippen MR) is 82.4 cm³/mol. The molecule has 1 atom stereocenters. The molecule has 0 spiro atoms. The summed E-state index contributed by atoms with van der Waals surface area (Å²) in [6, 6.07) is 10.1.